The van der Waals surface area contributed by atoms with Gasteiger partial charge < -0.3 is 5.11 Å². The lowest BCUT2D eigenvalue weighted by Gasteiger charge is -2.11. The van der Waals surface area contributed by atoms with Gasteiger partial charge in [-0.15, -0.1) is 22.7 Å². The molecule has 2 N–H and O–H groups in total. The van der Waals surface area contributed by atoms with Crippen molar-refractivity contribution in [3.63, 3.8) is 0 Å². The third-order valence-corrected chi connectivity index (χ3v) is 6.37. The van der Waals surface area contributed by atoms with Crippen LogP contribution in [0.2, 0.25) is 0 Å². The normalized spacial score (nSPS) is 13.7. The van der Waals surface area contributed by atoms with Crippen LogP contribution in [0, 0.1) is 6.92 Å². The summed E-state index contributed by atoms with van der Waals surface area (Å²) in [6.45, 7) is 1.88. The number of aliphatic hydroxyl groups excluding tert-OH is 1. The molecule has 18 heavy (non-hydrogen) atoms. The average Bonchev–Trinajstić information content (AvgIpc) is 2.96. The molecule has 0 amide bonds. The van der Waals surface area contributed by atoms with Gasteiger partial charge in [-0.05, 0) is 35.4 Å². The molecule has 2 heterocycles. The summed E-state index contributed by atoms with van der Waals surface area (Å²) < 4.78 is 26.4. The summed E-state index contributed by atoms with van der Waals surface area (Å²) in [7, 11) is -3.50. The highest BCUT2D eigenvalue weighted by Crippen LogP contribution is 2.24. The largest absolute Gasteiger partial charge is 0.386 e. The molecule has 0 aliphatic heterocycles. The van der Waals surface area contributed by atoms with Gasteiger partial charge in [0.25, 0.3) is 0 Å². The number of thiophene rings is 2. The van der Waals surface area contributed by atoms with E-state index in [1.54, 1.807) is 11.4 Å². The molecule has 2 aromatic rings. The number of hydrogen-bond donors (Lipinski definition) is 2. The summed E-state index contributed by atoms with van der Waals surface area (Å²) in [5.74, 6) is 0. The molecule has 7 heteroatoms. The standard InChI is InChI=1S/C11H13NO3S3/c1-8-4-6-17-11(8)9(13)7-12-18(14,15)10-3-2-5-16-10/h2-6,9,12-13H,7H2,1H3/t9-/m0/s1. The average molecular weight is 303 g/mol. The van der Waals surface area contributed by atoms with E-state index in [9.17, 15) is 13.5 Å². The van der Waals surface area contributed by atoms with Crippen molar-refractivity contribution in [2.75, 3.05) is 6.54 Å². The van der Waals surface area contributed by atoms with Crippen LogP contribution in [0.15, 0.2) is 33.2 Å². The third kappa shape index (κ3) is 2.99. The summed E-state index contributed by atoms with van der Waals surface area (Å²) >= 11 is 2.58. The fourth-order valence-electron chi connectivity index (χ4n) is 1.49. The van der Waals surface area contributed by atoms with E-state index >= 15 is 0 Å². The van der Waals surface area contributed by atoms with Crippen LogP contribution in [0.4, 0.5) is 0 Å². The minimum Gasteiger partial charge on any atom is -0.386 e. The molecule has 0 saturated heterocycles. The molecule has 4 nitrogen and oxygen atoms in total. The van der Waals surface area contributed by atoms with Crippen molar-refractivity contribution in [1.29, 1.82) is 0 Å². The van der Waals surface area contributed by atoms with E-state index in [1.165, 1.54) is 17.4 Å². The Morgan fingerprint density at radius 1 is 1.33 bits per heavy atom. The fraction of sp³-hybridized carbons (Fsp3) is 0.273. The molecule has 0 fully saturated rings. The Morgan fingerprint density at radius 2 is 2.11 bits per heavy atom. The maximum absolute atomic E-state index is 11.8. The first-order valence-electron chi connectivity index (χ1n) is 5.26. The predicted octanol–water partition coefficient (Wildman–Crippen LogP) is 2.13. The van der Waals surface area contributed by atoms with Crippen molar-refractivity contribution >= 4 is 32.7 Å². The summed E-state index contributed by atoms with van der Waals surface area (Å²) in [5, 5.41) is 13.5. The molecule has 1 atom stereocenters. The predicted molar refractivity (Wildman–Crippen MR) is 73.5 cm³/mol. The Kier molecular flexibility index (Phi) is 4.18. The minimum absolute atomic E-state index is 0.0123. The van der Waals surface area contributed by atoms with E-state index in [0.717, 1.165) is 21.8 Å². The molecule has 2 rings (SSSR count). The summed E-state index contributed by atoms with van der Waals surface area (Å²) in [5.41, 5.74) is 0.975. The van der Waals surface area contributed by atoms with Gasteiger partial charge in [-0.1, -0.05) is 6.07 Å². The number of aliphatic hydroxyl groups is 1. The van der Waals surface area contributed by atoms with Crippen molar-refractivity contribution in [2.45, 2.75) is 17.2 Å². The Bertz CT molecular complexity index is 601. The maximum Gasteiger partial charge on any atom is 0.250 e. The van der Waals surface area contributed by atoms with Crippen LogP contribution in [0.3, 0.4) is 0 Å². The number of aryl methyl sites for hydroxylation is 1. The molecule has 0 radical (unpaired) electrons. The molecule has 0 aliphatic rings. The lowest BCUT2D eigenvalue weighted by Crippen LogP contribution is -2.27. The van der Waals surface area contributed by atoms with Gasteiger partial charge in [-0.2, -0.15) is 0 Å². The monoisotopic (exact) mass is 303 g/mol. The van der Waals surface area contributed by atoms with E-state index in [4.69, 9.17) is 0 Å². The van der Waals surface area contributed by atoms with Crippen LogP contribution >= 0.6 is 22.7 Å². The number of hydrogen-bond acceptors (Lipinski definition) is 5. The van der Waals surface area contributed by atoms with Gasteiger partial charge in [0, 0.05) is 11.4 Å². The van der Waals surface area contributed by atoms with Crippen molar-refractivity contribution in [3.8, 4) is 0 Å². The number of nitrogens with one attached hydrogen (secondary N) is 1. The topological polar surface area (TPSA) is 66.4 Å². The minimum atomic E-state index is -3.50. The van der Waals surface area contributed by atoms with Gasteiger partial charge in [-0.3, -0.25) is 0 Å². The van der Waals surface area contributed by atoms with E-state index in [0.29, 0.717) is 0 Å². The quantitative estimate of drug-likeness (QED) is 0.889. The zero-order chi connectivity index (χ0) is 13.2. The molecule has 98 valence electrons. The van der Waals surface area contributed by atoms with Crippen LogP contribution in [0.25, 0.3) is 0 Å². The first-order chi connectivity index (χ1) is 8.50. The lowest BCUT2D eigenvalue weighted by molar-refractivity contribution is 0.185. The highest BCUT2D eigenvalue weighted by molar-refractivity contribution is 7.91. The first-order valence-corrected chi connectivity index (χ1v) is 8.50. The molecule has 0 aliphatic carbocycles. The third-order valence-electron chi connectivity index (χ3n) is 2.43. The van der Waals surface area contributed by atoms with Gasteiger partial charge in [0.2, 0.25) is 10.0 Å². The van der Waals surface area contributed by atoms with Crippen molar-refractivity contribution in [3.05, 3.63) is 39.4 Å². The van der Waals surface area contributed by atoms with Crippen molar-refractivity contribution in [1.82, 2.24) is 4.72 Å². The van der Waals surface area contributed by atoms with Gasteiger partial charge in [0.1, 0.15) is 10.3 Å². The molecular formula is C11H13NO3S3. The van der Waals surface area contributed by atoms with E-state index in [-0.39, 0.29) is 10.8 Å². The van der Waals surface area contributed by atoms with E-state index < -0.39 is 16.1 Å². The van der Waals surface area contributed by atoms with Gasteiger partial charge in [-0.25, -0.2) is 13.1 Å². The maximum atomic E-state index is 11.8. The van der Waals surface area contributed by atoms with E-state index in [1.807, 2.05) is 18.4 Å². The summed E-state index contributed by atoms with van der Waals surface area (Å²) in [6, 6.07) is 5.12. The highest BCUT2D eigenvalue weighted by Gasteiger charge is 2.18. The Labute approximate surface area is 114 Å². The van der Waals surface area contributed by atoms with Crippen LogP contribution < -0.4 is 4.72 Å². The Balaban J connectivity index is 2.03. The smallest absolute Gasteiger partial charge is 0.250 e. The van der Waals surface area contributed by atoms with Crippen LogP contribution in [-0.2, 0) is 10.0 Å². The Morgan fingerprint density at radius 3 is 2.67 bits per heavy atom. The Hall–Kier alpha value is -0.730. The molecule has 0 spiro atoms. The van der Waals surface area contributed by atoms with Crippen molar-refractivity contribution < 1.29 is 13.5 Å². The first kappa shape index (κ1) is 13.7. The second-order valence-corrected chi connectivity index (χ2v) is 7.66. The second kappa shape index (κ2) is 5.50. The SMILES string of the molecule is Cc1ccsc1[C@@H](O)CNS(=O)(=O)c1cccs1. The van der Waals surface area contributed by atoms with Crippen LogP contribution in [-0.4, -0.2) is 20.1 Å². The molecular weight excluding hydrogens is 290 g/mol. The van der Waals surface area contributed by atoms with Gasteiger partial charge in [0.15, 0.2) is 0 Å². The van der Waals surface area contributed by atoms with Gasteiger partial charge >= 0.3 is 0 Å². The fourth-order valence-corrected chi connectivity index (χ4v) is 4.48. The molecule has 0 unspecified atom stereocenters. The number of rotatable bonds is 5. The van der Waals surface area contributed by atoms with Crippen molar-refractivity contribution in [2.24, 2.45) is 0 Å². The summed E-state index contributed by atoms with van der Waals surface area (Å²) in [6.07, 6.45) is -0.806. The number of sulfonamides is 1. The molecule has 0 saturated carbocycles. The summed E-state index contributed by atoms with van der Waals surface area (Å²) in [4.78, 5) is 0.795. The second-order valence-electron chi connectivity index (χ2n) is 3.77. The van der Waals surface area contributed by atoms with Gasteiger partial charge in [0.05, 0.1) is 0 Å². The molecule has 2 aromatic heterocycles. The zero-order valence-corrected chi connectivity index (χ0v) is 12.1. The molecule has 0 aromatic carbocycles. The lowest BCUT2D eigenvalue weighted by atomic mass is 10.2. The highest BCUT2D eigenvalue weighted by atomic mass is 32.2. The molecule has 0 bridgehead atoms. The zero-order valence-electron chi connectivity index (χ0n) is 9.66. The van der Waals surface area contributed by atoms with Crippen LogP contribution in [0.1, 0.15) is 16.5 Å². The van der Waals surface area contributed by atoms with E-state index in [2.05, 4.69) is 4.72 Å². The van der Waals surface area contributed by atoms with Crippen LogP contribution in [0.5, 0.6) is 0 Å².